The molecule has 140 valence electrons. The minimum Gasteiger partial charge on any atom is -0.324 e. The number of nitrogens with zero attached hydrogens (tertiary/aromatic N) is 2. The number of rotatable bonds is 6. The molecule has 0 fully saturated rings. The molecule has 0 spiro atoms. The molecule has 1 amide bonds. The molecule has 0 saturated carbocycles. The highest BCUT2D eigenvalue weighted by Crippen LogP contribution is 2.23. The van der Waals surface area contributed by atoms with Gasteiger partial charge in [-0.3, -0.25) is 4.79 Å². The van der Waals surface area contributed by atoms with Crippen LogP contribution in [0.15, 0.2) is 42.5 Å². The van der Waals surface area contributed by atoms with E-state index in [-0.39, 0.29) is 16.4 Å². The van der Waals surface area contributed by atoms with Crippen LogP contribution in [0.2, 0.25) is 5.02 Å². The summed E-state index contributed by atoms with van der Waals surface area (Å²) in [6.07, 6.45) is 0. The quantitative estimate of drug-likeness (QED) is 0.806. The van der Waals surface area contributed by atoms with Crippen LogP contribution in [-0.2, 0) is 15.0 Å². The summed E-state index contributed by atoms with van der Waals surface area (Å²) >= 11 is 5.64. The highest BCUT2D eigenvalue weighted by Gasteiger charge is 2.29. The third kappa shape index (κ3) is 4.48. The molecule has 0 radical (unpaired) electrons. The molecular weight excluding hydrogens is 388 g/mol. The van der Waals surface area contributed by atoms with Crippen LogP contribution in [0, 0.1) is 11.6 Å². The Balaban J connectivity index is 2.31. The van der Waals surface area contributed by atoms with Gasteiger partial charge in [0.25, 0.3) is 0 Å². The van der Waals surface area contributed by atoms with E-state index in [1.54, 1.807) is 0 Å². The molecule has 0 aliphatic carbocycles. The summed E-state index contributed by atoms with van der Waals surface area (Å²) in [4.78, 5) is 12.3. The molecule has 2 aromatic carbocycles. The predicted octanol–water partition coefficient (Wildman–Crippen LogP) is 2.87. The normalized spacial score (nSPS) is 11.5. The van der Waals surface area contributed by atoms with Crippen molar-refractivity contribution >= 4 is 39.1 Å². The average molecular weight is 404 g/mol. The van der Waals surface area contributed by atoms with Crippen LogP contribution in [0.5, 0.6) is 0 Å². The Kier molecular flexibility index (Phi) is 6.17. The number of anilines is 2. The number of amides is 1. The number of nitrogens with one attached hydrogen (secondary N) is 1. The lowest BCUT2D eigenvalue weighted by Crippen LogP contribution is -2.44. The molecule has 10 heteroatoms. The molecular formula is C16H16ClF2N3O3S. The maximum absolute atomic E-state index is 14.1. The highest BCUT2D eigenvalue weighted by molar-refractivity contribution is 7.90. The Hall–Kier alpha value is -2.23. The van der Waals surface area contributed by atoms with E-state index in [9.17, 15) is 22.0 Å². The molecule has 0 aromatic heterocycles. The molecule has 0 bridgehead atoms. The first-order valence-corrected chi connectivity index (χ1v) is 9.10. The van der Waals surface area contributed by atoms with Crippen molar-refractivity contribution in [2.45, 2.75) is 0 Å². The van der Waals surface area contributed by atoms with Crippen molar-refractivity contribution in [2.75, 3.05) is 30.3 Å². The third-order valence-electron chi connectivity index (χ3n) is 3.35. The van der Waals surface area contributed by atoms with Gasteiger partial charge in [-0.2, -0.15) is 12.7 Å². The fourth-order valence-corrected chi connectivity index (χ4v) is 3.30. The standard InChI is InChI=1S/C16H16ClF2N3O3S/c1-21(2)26(24,25)22(15-6-4-3-5-14(15)19)10-16(23)20-11-7-8-13(18)12(17)9-11/h3-9H,10H2,1-2H3,(H,20,23). The van der Waals surface area contributed by atoms with Crippen molar-refractivity contribution < 1.29 is 22.0 Å². The lowest BCUT2D eigenvalue weighted by atomic mass is 10.3. The SMILES string of the molecule is CN(C)S(=O)(=O)N(CC(=O)Nc1ccc(F)c(Cl)c1)c1ccccc1F. The Morgan fingerprint density at radius 3 is 2.35 bits per heavy atom. The molecule has 2 aromatic rings. The number of hydrogen-bond acceptors (Lipinski definition) is 3. The van der Waals surface area contributed by atoms with E-state index in [4.69, 9.17) is 11.6 Å². The second-order valence-electron chi connectivity index (χ2n) is 5.43. The predicted molar refractivity (Wildman–Crippen MR) is 96.4 cm³/mol. The van der Waals surface area contributed by atoms with E-state index in [2.05, 4.69) is 5.32 Å². The molecule has 0 unspecified atom stereocenters. The van der Waals surface area contributed by atoms with E-state index >= 15 is 0 Å². The summed E-state index contributed by atoms with van der Waals surface area (Å²) in [5, 5.41) is 2.20. The molecule has 0 heterocycles. The summed E-state index contributed by atoms with van der Waals surface area (Å²) in [6, 6.07) is 8.70. The number of carbonyl (C=O) groups is 1. The number of hydrogen-bond donors (Lipinski definition) is 1. The van der Waals surface area contributed by atoms with Crippen molar-refractivity contribution in [1.82, 2.24) is 4.31 Å². The fraction of sp³-hybridized carbons (Fsp3) is 0.188. The van der Waals surface area contributed by atoms with E-state index in [1.807, 2.05) is 0 Å². The number of benzene rings is 2. The number of halogens is 3. The van der Waals surface area contributed by atoms with Crippen molar-refractivity contribution in [2.24, 2.45) is 0 Å². The number of para-hydroxylation sites is 1. The Labute approximate surface area is 155 Å². The molecule has 26 heavy (non-hydrogen) atoms. The smallest absolute Gasteiger partial charge is 0.304 e. The molecule has 0 saturated heterocycles. The van der Waals surface area contributed by atoms with Crippen LogP contribution in [0.1, 0.15) is 0 Å². The van der Waals surface area contributed by atoms with Gasteiger partial charge in [0, 0.05) is 19.8 Å². The van der Waals surface area contributed by atoms with Gasteiger partial charge in [-0.05, 0) is 30.3 Å². The summed E-state index contributed by atoms with van der Waals surface area (Å²) in [5.74, 6) is -2.20. The zero-order valence-electron chi connectivity index (χ0n) is 13.9. The number of carbonyl (C=O) groups excluding carboxylic acids is 1. The lowest BCUT2D eigenvalue weighted by molar-refractivity contribution is -0.114. The van der Waals surface area contributed by atoms with E-state index in [1.165, 1.54) is 44.4 Å². The second kappa shape index (κ2) is 7.98. The molecule has 1 N–H and O–H groups in total. The molecule has 6 nitrogen and oxygen atoms in total. The monoisotopic (exact) mass is 403 g/mol. The van der Waals surface area contributed by atoms with Gasteiger partial charge < -0.3 is 5.32 Å². The van der Waals surface area contributed by atoms with E-state index in [0.29, 0.717) is 4.31 Å². The highest BCUT2D eigenvalue weighted by atomic mass is 35.5. The first-order chi connectivity index (χ1) is 12.1. The molecule has 0 aliphatic heterocycles. The zero-order valence-corrected chi connectivity index (χ0v) is 15.5. The van der Waals surface area contributed by atoms with Crippen molar-refractivity contribution in [1.29, 1.82) is 0 Å². The third-order valence-corrected chi connectivity index (χ3v) is 5.45. The van der Waals surface area contributed by atoms with Gasteiger partial charge in [-0.15, -0.1) is 0 Å². The van der Waals surface area contributed by atoms with Gasteiger partial charge >= 0.3 is 10.2 Å². The topological polar surface area (TPSA) is 69.7 Å². The van der Waals surface area contributed by atoms with Gasteiger partial charge in [-0.25, -0.2) is 13.1 Å². The van der Waals surface area contributed by atoms with Gasteiger partial charge in [0.2, 0.25) is 5.91 Å². The fourth-order valence-electron chi connectivity index (χ4n) is 2.05. The van der Waals surface area contributed by atoms with Crippen molar-refractivity contribution in [3.63, 3.8) is 0 Å². The van der Waals surface area contributed by atoms with Crippen molar-refractivity contribution in [3.05, 3.63) is 59.1 Å². The average Bonchev–Trinajstić information content (AvgIpc) is 2.56. The summed E-state index contributed by atoms with van der Waals surface area (Å²) in [5.41, 5.74) is -0.0920. The summed E-state index contributed by atoms with van der Waals surface area (Å²) in [6.45, 7) is -0.684. The van der Waals surface area contributed by atoms with Crippen LogP contribution >= 0.6 is 11.6 Å². The second-order valence-corrected chi connectivity index (χ2v) is 7.90. The molecule has 0 aliphatic rings. The van der Waals surface area contributed by atoms with E-state index < -0.39 is 34.3 Å². The Bertz CT molecular complexity index is 923. The van der Waals surface area contributed by atoms with Crippen LogP contribution in [0.3, 0.4) is 0 Å². The zero-order chi connectivity index (χ0) is 19.5. The minimum atomic E-state index is -4.14. The first-order valence-electron chi connectivity index (χ1n) is 7.32. The maximum Gasteiger partial charge on any atom is 0.304 e. The Morgan fingerprint density at radius 1 is 1.12 bits per heavy atom. The van der Waals surface area contributed by atoms with E-state index in [0.717, 1.165) is 16.4 Å². The van der Waals surface area contributed by atoms with Crippen LogP contribution in [0.25, 0.3) is 0 Å². The molecule has 0 atom stereocenters. The van der Waals surface area contributed by atoms with Gasteiger partial charge in [0.05, 0.1) is 10.7 Å². The maximum atomic E-state index is 14.1. The summed E-state index contributed by atoms with van der Waals surface area (Å²) in [7, 11) is -1.61. The molecule has 2 rings (SSSR count). The Morgan fingerprint density at radius 2 is 1.77 bits per heavy atom. The minimum absolute atomic E-state index is 0.178. The lowest BCUT2D eigenvalue weighted by Gasteiger charge is -2.27. The largest absolute Gasteiger partial charge is 0.324 e. The van der Waals surface area contributed by atoms with Crippen LogP contribution in [-0.4, -0.2) is 39.3 Å². The van der Waals surface area contributed by atoms with Crippen LogP contribution < -0.4 is 9.62 Å². The van der Waals surface area contributed by atoms with Crippen LogP contribution in [0.4, 0.5) is 20.2 Å². The summed E-state index contributed by atoms with van der Waals surface area (Å²) < 4.78 is 53.8. The van der Waals surface area contributed by atoms with Gasteiger partial charge in [0.15, 0.2) is 0 Å². The van der Waals surface area contributed by atoms with Gasteiger partial charge in [-0.1, -0.05) is 23.7 Å². The first kappa shape index (κ1) is 20.1. The van der Waals surface area contributed by atoms with Gasteiger partial charge in [0.1, 0.15) is 18.2 Å². The van der Waals surface area contributed by atoms with Crippen molar-refractivity contribution in [3.8, 4) is 0 Å².